The fourth-order valence-corrected chi connectivity index (χ4v) is 18.3. The lowest BCUT2D eigenvalue weighted by atomic mass is 9.33. The van der Waals surface area contributed by atoms with E-state index in [2.05, 4.69) is 361 Å². The molecule has 0 bridgehead atoms. The predicted molar refractivity (Wildman–Crippen MR) is 528 cm³/mol. The van der Waals surface area contributed by atoms with Crippen LogP contribution in [0.2, 0.25) is 0 Å². The highest BCUT2D eigenvalue weighted by Crippen LogP contribution is 2.57. The summed E-state index contributed by atoms with van der Waals surface area (Å²) in [6, 6.07) is 72.0. The molecule has 0 saturated heterocycles. The molecular weight excluding hydrogens is 1460 g/mol. The highest BCUT2D eigenvalue weighted by atomic mass is 15.2. The zero-order chi connectivity index (χ0) is 96.8. The quantitative estimate of drug-likeness (QED) is 0.127. The van der Waals surface area contributed by atoms with Crippen molar-refractivity contribution in [2.45, 2.75) is 238 Å². The normalized spacial score (nSPS) is 15.4. The molecule has 17 rings (SSSR count). The van der Waals surface area contributed by atoms with Crippen LogP contribution in [0.5, 0.6) is 0 Å². The fraction of sp³-hybridized carbons (Fsp3) is 0.328. The van der Waals surface area contributed by atoms with Gasteiger partial charge in [-0.3, -0.25) is 0 Å². The molecule has 614 valence electrons. The number of hydrogen-bond acceptors (Lipinski definition) is 2. The predicted octanol–water partition coefficient (Wildman–Crippen LogP) is 30.9. The summed E-state index contributed by atoms with van der Waals surface area (Å²) < 4.78 is 125. The molecule has 4 nitrogen and oxygen atoms in total. The van der Waals surface area contributed by atoms with Crippen molar-refractivity contribution in [3.05, 3.63) is 305 Å². The van der Waals surface area contributed by atoms with E-state index in [4.69, 9.17) is 0 Å². The minimum absolute atomic E-state index is 0.141. The van der Waals surface area contributed by atoms with E-state index in [-0.39, 0.29) is 80.8 Å². The average molecular weight is 1600 g/mol. The van der Waals surface area contributed by atoms with Gasteiger partial charge in [-0.05, 0) is 247 Å². The van der Waals surface area contributed by atoms with Crippen molar-refractivity contribution in [3.8, 4) is 55.9 Å². The van der Waals surface area contributed by atoms with Crippen LogP contribution in [-0.4, -0.2) is 15.8 Å². The van der Waals surface area contributed by atoms with Gasteiger partial charge in [-0.25, -0.2) is 0 Å². The first-order chi connectivity index (χ1) is 61.5. The Bertz CT molecular complexity index is 6800. The molecule has 2 aliphatic heterocycles. The Balaban J connectivity index is 1.15. The van der Waals surface area contributed by atoms with Crippen molar-refractivity contribution >= 4 is 101 Å². The van der Waals surface area contributed by atoms with Gasteiger partial charge in [0, 0.05) is 83.4 Å². The largest absolute Gasteiger partial charge is 0.310 e. The van der Waals surface area contributed by atoms with Crippen LogP contribution < -0.4 is 26.2 Å². The molecule has 2 aromatic heterocycles. The number of anilines is 6. The van der Waals surface area contributed by atoms with Crippen molar-refractivity contribution in [3.63, 3.8) is 0 Å². The van der Waals surface area contributed by atoms with E-state index >= 15 is 0 Å². The van der Waals surface area contributed by atoms with E-state index in [1.807, 2.05) is 50.7 Å². The van der Waals surface area contributed by atoms with Crippen LogP contribution in [0.15, 0.2) is 255 Å². The number of para-hydroxylation sites is 2. The van der Waals surface area contributed by atoms with Crippen LogP contribution >= 0.6 is 0 Å². The Kier molecular flexibility index (Phi) is 16.4. The summed E-state index contributed by atoms with van der Waals surface area (Å²) >= 11 is 0. The maximum Gasteiger partial charge on any atom is 0.252 e. The molecule has 0 saturated carbocycles. The van der Waals surface area contributed by atoms with Crippen molar-refractivity contribution in [2.24, 2.45) is 10.8 Å². The fourth-order valence-electron chi connectivity index (χ4n) is 18.3. The monoisotopic (exact) mass is 1600 g/mol. The van der Waals surface area contributed by atoms with Crippen LogP contribution in [0.4, 0.5) is 34.1 Å². The first-order valence-corrected chi connectivity index (χ1v) is 43.5. The Labute approximate surface area is 741 Å². The molecule has 5 heteroatoms. The molecule has 0 amide bonds. The van der Waals surface area contributed by atoms with E-state index in [1.54, 1.807) is 0 Å². The molecule has 0 N–H and O–H groups in total. The molecule has 121 heavy (non-hydrogen) atoms. The van der Waals surface area contributed by atoms with Gasteiger partial charge >= 0.3 is 0 Å². The zero-order valence-electron chi connectivity index (χ0n) is 88.5. The summed E-state index contributed by atoms with van der Waals surface area (Å²) in [6.07, 6.45) is -3.89. The highest BCUT2D eigenvalue weighted by Gasteiger charge is 2.47. The number of hydrogen-bond donors (Lipinski definition) is 0. The lowest BCUT2D eigenvalue weighted by Gasteiger charge is -2.46. The number of rotatable bonds is 10. The number of nitrogens with zero attached hydrogens (tertiary/aromatic N) is 4. The van der Waals surface area contributed by atoms with Gasteiger partial charge in [0.25, 0.3) is 6.71 Å². The molecule has 0 fully saturated rings. The van der Waals surface area contributed by atoms with Crippen molar-refractivity contribution in [1.82, 2.24) is 9.13 Å². The van der Waals surface area contributed by atoms with Crippen LogP contribution in [0.25, 0.3) is 99.5 Å². The molecule has 15 aromatic rings. The second-order valence-corrected chi connectivity index (χ2v) is 43.8. The molecule has 0 aliphatic carbocycles. The Morgan fingerprint density at radius 1 is 0.273 bits per heavy atom. The first-order valence-electron chi connectivity index (χ1n) is 49.5. The van der Waals surface area contributed by atoms with E-state index in [9.17, 15) is 16.4 Å². The molecule has 2 aliphatic rings. The van der Waals surface area contributed by atoms with Gasteiger partial charge in [-0.15, -0.1) is 0 Å². The second kappa shape index (κ2) is 28.9. The second-order valence-electron chi connectivity index (χ2n) is 43.8. The summed E-state index contributed by atoms with van der Waals surface area (Å²) in [5.41, 5.74) is 20.7. The summed E-state index contributed by atoms with van der Waals surface area (Å²) in [4.78, 5) is 4.94. The van der Waals surface area contributed by atoms with Gasteiger partial charge in [0.1, 0.15) is 0 Å². The lowest BCUT2D eigenvalue weighted by Crippen LogP contribution is -2.61. The smallest absolute Gasteiger partial charge is 0.252 e. The third-order valence-electron chi connectivity index (χ3n) is 24.8. The maximum atomic E-state index is 10.6. The van der Waals surface area contributed by atoms with Gasteiger partial charge in [-0.1, -0.05) is 345 Å². The average Bonchev–Trinajstić information content (AvgIpc) is 0.725. The molecule has 4 heterocycles. The van der Waals surface area contributed by atoms with E-state index < -0.39 is 35.7 Å². The van der Waals surface area contributed by atoms with Crippen molar-refractivity contribution < 1.29 is 16.4 Å². The van der Waals surface area contributed by atoms with Crippen molar-refractivity contribution in [1.29, 1.82) is 0 Å². The minimum Gasteiger partial charge on any atom is -0.310 e. The van der Waals surface area contributed by atoms with Gasteiger partial charge in [0.2, 0.25) is 0 Å². The van der Waals surface area contributed by atoms with Gasteiger partial charge in [0.15, 0.2) is 0 Å². The molecule has 0 unspecified atom stereocenters. The van der Waals surface area contributed by atoms with Crippen molar-refractivity contribution in [2.75, 3.05) is 9.80 Å². The Morgan fingerprint density at radius 2 is 0.570 bits per heavy atom. The summed E-state index contributed by atoms with van der Waals surface area (Å²) in [5, 5.41) is 2.17. The topological polar surface area (TPSA) is 16.3 Å². The molecule has 0 radical (unpaired) electrons. The summed E-state index contributed by atoms with van der Waals surface area (Å²) in [5.74, 6) is 0. The van der Waals surface area contributed by atoms with Gasteiger partial charge < -0.3 is 18.9 Å². The van der Waals surface area contributed by atoms with Crippen LogP contribution in [-0.2, 0) is 50.7 Å². The minimum atomic E-state index is -1.95. The van der Waals surface area contributed by atoms with Gasteiger partial charge in [0.05, 0.1) is 44.4 Å². The van der Waals surface area contributed by atoms with Crippen LogP contribution in [0.3, 0.4) is 0 Å². The lowest BCUT2D eigenvalue weighted by molar-refractivity contribution is 0.411. The molecule has 13 aromatic carbocycles. The molecular formula is C116H127BN4. The molecule has 0 spiro atoms. The highest BCUT2D eigenvalue weighted by molar-refractivity contribution is 7.00. The maximum absolute atomic E-state index is 10.6. The third kappa shape index (κ3) is 15.2. The van der Waals surface area contributed by atoms with Crippen LogP contribution in [0, 0.1) is 10.8 Å². The standard InChI is InChI=1S/C116H127BN4/c1-108(2,3)70-72-56-89(74-36-32-40-78(60-74)110(7,8)9)106(90(57-72)75-37-33-41-79(61-75)111(10,11)12)120-101-68-85(118-97-46-30-28-44-87(97)93-64-82(114(19,20)21)48-54-99(93)118)50-52-95(101)117-96-53-51-86(119-98-47-31-29-45-88(98)94-65-83(115(22,23)24)49-55-100(94)119)69-102(96)121(104-67-84(116(25,26)27)66-103(120)105(104)117)107-91(76-38-34-42-80(62-76)112(13,14)15)58-73(71-109(4,5)6)59-92(107)77-39-35-43-81(63-77)113(16,17)18/h28-69H,70-71H2,1-27H3/i28D,29D,30D,31D,44D,45D,46D,47D,70D2,71D2. The number of benzene rings is 13. The van der Waals surface area contributed by atoms with Crippen LogP contribution in [0.1, 0.15) is 253 Å². The van der Waals surface area contributed by atoms with E-state index in [0.717, 1.165) is 134 Å². The van der Waals surface area contributed by atoms with Gasteiger partial charge in [-0.2, -0.15) is 0 Å². The summed E-state index contributed by atoms with van der Waals surface area (Å²) in [7, 11) is 0. The number of aromatic nitrogens is 2. The summed E-state index contributed by atoms with van der Waals surface area (Å²) in [6.45, 7) is 57.6. The zero-order valence-corrected chi connectivity index (χ0v) is 76.5. The molecule has 0 atom stereocenters. The van der Waals surface area contributed by atoms with E-state index in [1.165, 1.54) is 0 Å². The first kappa shape index (κ1) is 68.7. The third-order valence-corrected chi connectivity index (χ3v) is 24.8. The SMILES string of the molecule is [2H]c1c([2H])c([2H])c2c(c1[2H])c1cc(C(C)(C)C)ccc1n2-c1ccc2c(c1)N(c1c(-c3cccc(C(C)(C)C)c3)cc(C([2H])([2H])C(C)(C)C)cc1-c1cccc(C(C)(C)C)c1)c1cc(C(C)(C)C)cc3c1B2c1ccc(-n2c4ccc(C(C)(C)C)cc4c4c([2H])c([2H])c([2H])c([2H])c42)cc1N3c1c(-c2cccc(C(C)(C)C)c2)cc(C([2H])([2H])C(C)(C)C)cc1-c1cccc(C(C)(C)C)c1. The van der Waals surface area contributed by atoms with E-state index in [0.29, 0.717) is 66.1 Å². The Hall–Kier alpha value is -10.9. The number of fused-ring (bicyclic) bond motifs is 10. The Morgan fingerprint density at radius 3 is 0.868 bits per heavy atom.